The Labute approximate surface area is 181 Å². The summed E-state index contributed by atoms with van der Waals surface area (Å²) >= 11 is 1.27. The first-order chi connectivity index (χ1) is 14.4. The van der Waals surface area contributed by atoms with Crippen LogP contribution in [0.4, 0.5) is 8.78 Å². The molecule has 2 amide bonds. The summed E-state index contributed by atoms with van der Waals surface area (Å²) in [6.07, 6.45) is 1.79. The Hall–Kier alpha value is -2.41. The van der Waals surface area contributed by atoms with Gasteiger partial charge >= 0.3 is 0 Å². The lowest BCUT2D eigenvalue weighted by Gasteiger charge is -2.29. The first kappa shape index (κ1) is 23.9. The number of amides is 2. The first-order valence-electron chi connectivity index (χ1n) is 10.1. The van der Waals surface area contributed by atoms with E-state index in [2.05, 4.69) is 5.32 Å². The largest absolute Gasteiger partial charge is 0.354 e. The summed E-state index contributed by atoms with van der Waals surface area (Å²) in [5.41, 5.74) is 0.861. The van der Waals surface area contributed by atoms with Gasteiger partial charge in [-0.25, -0.2) is 8.78 Å². The van der Waals surface area contributed by atoms with Crippen LogP contribution in [0.5, 0.6) is 0 Å². The molecule has 30 heavy (non-hydrogen) atoms. The van der Waals surface area contributed by atoms with E-state index < -0.39 is 11.9 Å². The Kier molecular flexibility index (Phi) is 9.80. The van der Waals surface area contributed by atoms with E-state index in [4.69, 9.17) is 0 Å². The van der Waals surface area contributed by atoms with Crippen molar-refractivity contribution in [2.45, 2.75) is 45.0 Å². The molecule has 0 spiro atoms. The molecule has 0 aliphatic heterocycles. The van der Waals surface area contributed by atoms with E-state index >= 15 is 0 Å². The van der Waals surface area contributed by atoms with Gasteiger partial charge in [0.15, 0.2) is 0 Å². The predicted octanol–water partition coefficient (Wildman–Crippen LogP) is 4.53. The van der Waals surface area contributed by atoms with Crippen molar-refractivity contribution in [3.63, 3.8) is 0 Å². The van der Waals surface area contributed by atoms with Gasteiger partial charge in [0.2, 0.25) is 11.8 Å². The molecule has 162 valence electrons. The van der Waals surface area contributed by atoms with Crippen LogP contribution in [0.25, 0.3) is 0 Å². The number of halogens is 2. The van der Waals surface area contributed by atoms with Crippen molar-refractivity contribution in [3.05, 3.63) is 71.3 Å². The zero-order chi connectivity index (χ0) is 21.9. The summed E-state index contributed by atoms with van der Waals surface area (Å²) < 4.78 is 27.9. The SMILES string of the molecule is CCCCNC(=O)[C@H](C)N(Cc1ccccc1F)C(=O)CSCc1ccccc1F. The van der Waals surface area contributed by atoms with Gasteiger partial charge < -0.3 is 10.2 Å². The fraction of sp³-hybridized carbons (Fsp3) is 0.391. The zero-order valence-corrected chi connectivity index (χ0v) is 18.2. The predicted molar refractivity (Wildman–Crippen MR) is 117 cm³/mol. The monoisotopic (exact) mass is 434 g/mol. The summed E-state index contributed by atoms with van der Waals surface area (Å²) in [6.45, 7) is 4.19. The molecular formula is C23H28F2N2O2S. The maximum Gasteiger partial charge on any atom is 0.242 e. The number of hydrogen-bond acceptors (Lipinski definition) is 3. The topological polar surface area (TPSA) is 49.4 Å². The van der Waals surface area contributed by atoms with Crippen LogP contribution in [0.15, 0.2) is 48.5 Å². The number of thioether (sulfide) groups is 1. The van der Waals surface area contributed by atoms with Crippen molar-refractivity contribution >= 4 is 23.6 Å². The summed E-state index contributed by atoms with van der Waals surface area (Å²) in [4.78, 5) is 26.8. The van der Waals surface area contributed by atoms with Crippen LogP contribution in [-0.2, 0) is 21.9 Å². The van der Waals surface area contributed by atoms with Crippen LogP contribution >= 0.6 is 11.8 Å². The minimum absolute atomic E-state index is 0.00582. The molecule has 0 heterocycles. The number of carbonyl (C=O) groups is 2. The van der Waals surface area contributed by atoms with Crippen LogP contribution in [-0.4, -0.2) is 35.1 Å². The van der Waals surface area contributed by atoms with E-state index in [1.165, 1.54) is 28.8 Å². The number of hydrogen-bond donors (Lipinski definition) is 1. The van der Waals surface area contributed by atoms with E-state index in [0.29, 0.717) is 23.4 Å². The molecule has 0 bridgehead atoms. The lowest BCUT2D eigenvalue weighted by atomic mass is 10.1. The molecule has 0 aromatic heterocycles. The van der Waals surface area contributed by atoms with E-state index in [9.17, 15) is 18.4 Å². The molecule has 0 aliphatic rings. The van der Waals surface area contributed by atoms with Crippen LogP contribution < -0.4 is 5.32 Å². The Bertz CT molecular complexity index is 847. The van der Waals surface area contributed by atoms with Gasteiger partial charge in [0.25, 0.3) is 0 Å². The highest BCUT2D eigenvalue weighted by atomic mass is 32.2. The fourth-order valence-electron chi connectivity index (χ4n) is 2.88. The third kappa shape index (κ3) is 7.13. The van der Waals surface area contributed by atoms with Crippen LogP contribution in [0, 0.1) is 11.6 Å². The van der Waals surface area contributed by atoms with Gasteiger partial charge in [0, 0.05) is 24.4 Å². The molecular weight excluding hydrogens is 406 g/mol. The summed E-state index contributed by atoms with van der Waals surface area (Å²) in [6, 6.07) is 11.9. The number of carbonyl (C=O) groups excluding carboxylic acids is 2. The maximum absolute atomic E-state index is 14.2. The highest BCUT2D eigenvalue weighted by Gasteiger charge is 2.26. The molecule has 0 fully saturated rings. The maximum atomic E-state index is 14.2. The highest BCUT2D eigenvalue weighted by molar-refractivity contribution is 7.99. The Morgan fingerprint density at radius 1 is 1.03 bits per heavy atom. The Morgan fingerprint density at radius 2 is 1.63 bits per heavy atom. The second-order valence-electron chi connectivity index (χ2n) is 7.02. The van der Waals surface area contributed by atoms with E-state index in [1.807, 2.05) is 6.92 Å². The fourth-order valence-corrected chi connectivity index (χ4v) is 3.77. The second-order valence-corrected chi connectivity index (χ2v) is 8.00. The Balaban J connectivity index is 2.07. The van der Waals surface area contributed by atoms with Crippen molar-refractivity contribution in [2.75, 3.05) is 12.3 Å². The quantitative estimate of drug-likeness (QED) is 0.529. The van der Waals surface area contributed by atoms with Crippen LogP contribution in [0.2, 0.25) is 0 Å². The molecule has 1 atom stereocenters. The lowest BCUT2D eigenvalue weighted by molar-refractivity contribution is -0.138. The van der Waals surface area contributed by atoms with E-state index in [1.54, 1.807) is 43.3 Å². The molecule has 4 nitrogen and oxygen atoms in total. The van der Waals surface area contributed by atoms with Crippen molar-refractivity contribution in [3.8, 4) is 0 Å². The van der Waals surface area contributed by atoms with Gasteiger partial charge in [-0.05, 0) is 31.0 Å². The molecule has 2 aromatic carbocycles. The second kappa shape index (κ2) is 12.3. The van der Waals surface area contributed by atoms with Gasteiger partial charge in [-0.15, -0.1) is 11.8 Å². The third-order valence-corrected chi connectivity index (χ3v) is 5.70. The Morgan fingerprint density at radius 3 is 2.23 bits per heavy atom. The standard InChI is InChI=1S/C23H28F2N2O2S/c1-3-4-13-26-23(29)17(2)27(14-18-9-5-7-11-20(18)24)22(28)16-30-15-19-10-6-8-12-21(19)25/h5-12,17H,3-4,13-16H2,1-2H3,(H,26,29)/t17-/m0/s1. The molecule has 0 saturated carbocycles. The molecule has 0 radical (unpaired) electrons. The van der Waals surface area contributed by atoms with Crippen LogP contribution in [0.3, 0.4) is 0 Å². The average molecular weight is 435 g/mol. The van der Waals surface area contributed by atoms with E-state index in [0.717, 1.165) is 12.8 Å². The van der Waals surface area contributed by atoms with Crippen molar-refractivity contribution in [1.29, 1.82) is 0 Å². The van der Waals surface area contributed by atoms with Gasteiger partial charge in [-0.3, -0.25) is 9.59 Å². The summed E-state index contributed by atoms with van der Waals surface area (Å²) in [5.74, 6) is -0.902. The van der Waals surface area contributed by atoms with Gasteiger partial charge in [0.1, 0.15) is 17.7 Å². The third-order valence-electron chi connectivity index (χ3n) is 4.74. The number of rotatable bonds is 11. The zero-order valence-electron chi connectivity index (χ0n) is 17.4. The van der Waals surface area contributed by atoms with Crippen molar-refractivity contribution < 1.29 is 18.4 Å². The van der Waals surface area contributed by atoms with Crippen LogP contribution in [0.1, 0.15) is 37.8 Å². The lowest BCUT2D eigenvalue weighted by Crippen LogP contribution is -2.48. The number of nitrogens with zero attached hydrogens (tertiary/aromatic N) is 1. The minimum Gasteiger partial charge on any atom is -0.354 e. The van der Waals surface area contributed by atoms with Gasteiger partial charge in [0.05, 0.1) is 5.75 Å². The average Bonchev–Trinajstić information content (AvgIpc) is 2.74. The number of benzene rings is 2. The minimum atomic E-state index is -0.747. The molecule has 7 heteroatoms. The smallest absolute Gasteiger partial charge is 0.242 e. The molecule has 1 N–H and O–H groups in total. The summed E-state index contributed by atoms with van der Waals surface area (Å²) in [7, 11) is 0. The molecule has 0 saturated heterocycles. The first-order valence-corrected chi connectivity index (χ1v) is 11.2. The van der Waals surface area contributed by atoms with Crippen molar-refractivity contribution in [1.82, 2.24) is 10.2 Å². The molecule has 2 rings (SSSR count). The molecule has 0 unspecified atom stereocenters. The normalized spacial score (nSPS) is 11.7. The van der Waals surface area contributed by atoms with Gasteiger partial charge in [-0.1, -0.05) is 49.7 Å². The number of unbranched alkanes of at least 4 members (excludes halogenated alkanes) is 1. The number of nitrogens with one attached hydrogen (secondary N) is 1. The van der Waals surface area contributed by atoms with E-state index in [-0.39, 0.29) is 29.9 Å². The summed E-state index contributed by atoms with van der Waals surface area (Å²) in [5, 5.41) is 2.83. The highest BCUT2D eigenvalue weighted by Crippen LogP contribution is 2.18. The molecule has 0 aliphatic carbocycles. The molecule has 2 aromatic rings. The van der Waals surface area contributed by atoms with Crippen molar-refractivity contribution in [2.24, 2.45) is 0 Å². The van der Waals surface area contributed by atoms with Gasteiger partial charge in [-0.2, -0.15) is 0 Å².